The Morgan fingerprint density at radius 3 is 1.67 bits per heavy atom. The molecule has 1 aromatic rings. The Hall–Kier alpha value is -2.59. The third-order valence-corrected chi connectivity index (χ3v) is 1.59. The van der Waals surface area contributed by atoms with E-state index in [1.54, 1.807) is 18.2 Å². The highest BCUT2D eigenvalue weighted by atomic mass is 14.2. The summed E-state index contributed by atoms with van der Waals surface area (Å²) < 4.78 is 0. The van der Waals surface area contributed by atoms with Gasteiger partial charge in [-0.05, 0) is 5.56 Å². The zero-order valence-corrected chi connectivity index (χ0v) is 10.7. The minimum Gasteiger partial charge on any atom is -0.192 e. The third kappa shape index (κ3) is 13.4. The monoisotopic (exact) mass is 237 g/mol. The smallest absolute Gasteiger partial charge is 0.0985 e. The van der Waals surface area contributed by atoms with Gasteiger partial charge in [-0.25, -0.2) is 0 Å². The molecular weight excluding hydrogens is 218 g/mol. The summed E-state index contributed by atoms with van der Waals surface area (Å²) in [4.78, 5) is 0. The molecule has 0 bridgehead atoms. The van der Waals surface area contributed by atoms with E-state index in [-0.39, 0.29) is 0 Å². The normalized spacial score (nSPS) is 6.83. The van der Waals surface area contributed by atoms with E-state index in [2.05, 4.69) is 32.9 Å². The van der Waals surface area contributed by atoms with Gasteiger partial charge >= 0.3 is 0 Å². The predicted octanol–water partition coefficient (Wildman–Crippen LogP) is 4.94. The summed E-state index contributed by atoms with van der Waals surface area (Å²) in [5.41, 5.74) is 1.59. The molecule has 0 saturated carbocycles. The van der Waals surface area contributed by atoms with Crippen LogP contribution in [0, 0.1) is 11.3 Å². The minimum absolute atomic E-state index is 0.412. The second-order valence-electron chi connectivity index (χ2n) is 2.93. The topological polar surface area (TPSA) is 23.8 Å². The Balaban J connectivity index is 0. The lowest BCUT2D eigenvalue weighted by Gasteiger charge is -1.85. The molecule has 0 fully saturated rings. The molecule has 0 aromatic heterocycles. The molecular formula is C17H19N. The van der Waals surface area contributed by atoms with Crippen LogP contribution in [0.15, 0.2) is 87.0 Å². The first kappa shape index (κ1) is 17.8. The van der Waals surface area contributed by atoms with Gasteiger partial charge in [0.1, 0.15) is 0 Å². The van der Waals surface area contributed by atoms with Gasteiger partial charge in [-0.15, -0.1) is 0 Å². The fraction of sp³-hybridized carbons (Fsp3) is 0. The van der Waals surface area contributed by atoms with Crippen LogP contribution in [0.1, 0.15) is 5.56 Å². The van der Waals surface area contributed by atoms with Crippen LogP contribution in [0.5, 0.6) is 0 Å². The van der Waals surface area contributed by atoms with Crippen molar-refractivity contribution in [1.29, 1.82) is 5.26 Å². The molecule has 0 unspecified atom stereocenters. The van der Waals surface area contributed by atoms with Crippen molar-refractivity contribution in [2.75, 3.05) is 0 Å². The summed E-state index contributed by atoms with van der Waals surface area (Å²) in [6, 6.07) is 11.8. The van der Waals surface area contributed by atoms with E-state index in [0.717, 1.165) is 0 Å². The van der Waals surface area contributed by atoms with Gasteiger partial charge < -0.3 is 0 Å². The molecule has 0 aliphatic carbocycles. The molecule has 0 aliphatic rings. The lowest BCUT2D eigenvalue weighted by molar-refractivity contribution is 1.51. The van der Waals surface area contributed by atoms with Crippen molar-refractivity contribution in [1.82, 2.24) is 0 Å². The number of allylic oxidation sites excluding steroid dienone is 4. The van der Waals surface area contributed by atoms with Crippen LogP contribution in [0.3, 0.4) is 0 Å². The molecule has 1 aromatic carbocycles. The fourth-order valence-corrected chi connectivity index (χ4v) is 0.635. The van der Waals surface area contributed by atoms with E-state index in [1.807, 2.05) is 36.4 Å². The van der Waals surface area contributed by atoms with E-state index in [4.69, 9.17) is 5.26 Å². The van der Waals surface area contributed by atoms with Crippen LogP contribution in [0.2, 0.25) is 0 Å². The largest absolute Gasteiger partial charge is 0.192 e. The van der Waals surface area contributed by atoms with Gasteiger partial charge in [-0.1, -0.05) is 87.5 Å². The number of rotatable bonds is 3. The third-order valence-electron chi connectivity index (χ3n) is 1.59. The zero-order valence-electron chi connectivity index (χ0n) is 10.7. The quantitative estimate of drug-likeness (QED) is 0.539. The number of nitrogens with zero attached hydrogens (tertiary/aromatic N) is 1. The summed E-state index contributed by atoms with van der Waals surface area (Å²) in [6.07, 6.45) is 6.53. The Kier molecular flexibility index (Phi) is 14.2. The standard InChI is InChI=1S/C8H8.C5H5N.C4H6/c1-2-8-6-4-3-5-7-8;1-3-5(2)4-6;1-3-4-2/h2-7H,1H2;3H,1-2H2;3-4H,1-2H2. The van der Waals surface area contributed by atoms with Crippen LogP contribution < -0.4 is 0 Å². The molecule has 1 rings (SSSR count). The summed E-state index contributed by atoms with van der Waals surface area (Å²) >= 11 is 0. The lowest BCUT2D eigenvalue weighted by atomic mass is 10.2. The van der Waals surface area contributed by atoms with Gasteiger partial charge in [0, 0.05) is 5.57 Å². The first-order chi connectivity index (χ1) is 8.65. The molecule has 0 amide bonds. The summed E-state index contributed by atoms with van der Waals surface area (Å²) in [7, 11) is 0. The van der Waals surface area contributed by atoms with Gasteiger partial charge in [0.15, 0.2) is 0 Å². The van der Waals surface area contributed by atoms with Crippen LogP contribution in [-0.4, -0.2) is 0 Å². The second kappa shape index (κ2) is 14.4. The Morgan fingerprint density at radius 1 is 1.00 bits per heavy atom. The van der Waals surface area contributed by atoms with Gasteiger partial charge in [0.25, 0.3) is 0 Å². The zero-order chi connectivity index (χ0) is 14.2. The van der Waals surface area contributed by atoms with Gasteiger partial charge in [0.05, 0.1) is 6.07 Å². The van der Waals surface area contributed by atoms with Crippen LogP contribution in [0.4, 0.5) is 0 Å². The highest BCUT2D eigenvalue weighted by molar-refractivity contribution is 5.45. The fourth-order valence-electron chi connectivity index (χ4n) is 0.635. The number of hydrogen-bond donors (Lipinski definition) is 0. The number of hydrogen-bond acceptors (Lipinski definition) is 1. The molecule has 1 heteroatoms. The first-order valence-electron chi connectivity index (χ1n) is 5.28. The van der Waals surface area contributed by atoms with Crippen molar-refractivity contribution in [2.24, 2.45) is 0 Å². The van der Waals surface area contributed by atoms with E-state index in [1.165, 1.54) is 11.6 Å². The van der Waals surface area contributed by atoms with Crippen LogP contribution in [-0.2, 0) is 0 Å². The molecule has 1 nitrogen and oxygen atoms in total. The molecule has 0 atom stereocenters. The lowest BCUT2D eigenvalue weighted by Crippen LogP contribution is -1.63. The maximum absolute atomic E-state index is 7.91. The summed E-state index contributed by atoms with van der Waals surface area (Å²) in [5.74, 6) is 0. The minimum atomic E-state index is 0.412. The average molecular weight is 237 g/mol. The van der Waals surface area contributed by atoms with E-state index >= 15 is 0 Å². The van der Waals surface area contributed by atoms with Crippen molar-refractivity contribution < 1.29 is 0 Å². The Morgan fingerprint density at radius 2 is 1.50 bits per heavy atom. The molecule has 0 aliphatic heterocycles. The summed E-state index contributed by atoms with van der Waals surface area (Å²) in [5, 5.41) is 7.91. The van der Waals surface area contributed by atoms with Crippen LogP contribution in [0.25, 0.3) is 6.08 Å². The van der Waals surface area contributed by atoms with Crippen molar-refractivity contribution in [3.8, 4) is 6.07 Å². The maximum Gasteiger partial charge on any atom is 0.0985 e. The van der Waals surface area contributed by atoms with Crippen molar-refractivity contribution in [3.63, 3.8) is 0 Å². The van der Waals surface area contributed by atoms with E-state index in [0.29, 0.717) is 5.57 Å². The van der Waals surface area contributed by atoms with Crippen molar-refractivity contribution in [3.05, 3.63) is 92.6 Å². The Bertz CT molecular complexity index is 413. The van der Waals surface area contributed by atoms with Crippen molar-refractivity contribution >= 4 is 6.08 Å². The first-order valence-corrected chi connectivity index (χ1v) is 5.28. The maximum atomic E-state index is 7.91. The highest BCUT2D eigenvalue weighted by Gasteiger charge is 1.75. The Labute approximate surface area is 110 Å². The predicted molar refractivity (Wildman–Crippen MR) is 81.9 cm³/mol. The van der Waals surface area contributed by atoms with Gasteiger partial charge in [-0.3, -0.25) is 0 Å². The van der Waals surface area contributed by atoms with Crippen LogP contribution >= 0.6 is 0 Å². The number of benzene rings is 1. The van der Waals surface area contributed by atoms with Gasteiger partial charge in [-0.2, -0.15) is 5.26 Å². The highest BCUT2D eigenvalue weighted by Crippen LogP contribution is 1.97. The van der Waals surface area contributed by atoms with Gasteiger partial charge in [0.2, 0.25) is 0 Å². The van der Waals surface area contributed by atoms with E-state index < -0.39 is 0 Å². The number of nitriles is 1. The molecule has 0 radical (unpaired) electrons. The summed E-state index contributed by atoms with van der Waals surface area (Å²) in [6.45, 7) is 17.0. The average Bonchev–Trinajstić information content (AvgIpc) is 2.48. The second-order valence-corrected chi connectivity index (χ2v) is 2.93. The molecule has 0 saturated heterocycles. The SMILES string of the molecule is C=CC(=C)C#N.C=CC=C.C=Cc1ccccc1. The molecule has 0 heterocycles. The molecule has 0 spiro atoms. The van der Waals surface area contributed by atoms with Crippen molar-refractivity contribution in [2.45, 2.75) is 0 Å². The van der Waals surface area contributed by atoms with E-state index in [9.17, 15) is 0 Å². The molecule has 92 valence electrons. The molecule has 0 N–H and O–H groups in total. The molecule has 18 heavy (non-hydrogen) atoms.